The lowest BCUT2D eigenvalue weighted by molar-refractivity contribution is 0.573. The Bertz CT molecular complexity index is 457. The third-order valence-electron chi connectivity index (χ3n) is 2.42. The molecule has 0 unspecified atom stereocenters. The standard InChI is InChI=1S/C13H15NO/c1-9(2)11-5-4-6-12(7-11)13-14-10(3)8-15-13/h4-9H,1-3H3. The van der Waals surface area contributed by atoms with Gasteiger partial charge in [0.2, 0.25) is 5.89 Å². The summed E-state index contributed by atoms with van der Waals surface area (Å²) in [6, 6.07) is 8.33. The zero-order chi connectivity index (χ0) is 10.8. The first kappa shape index (κ1) is 9.97. The summed E-state index contributed by atoms with van der Waals surface area (Å²) in [6.45, 7) is 6.29. The van der Waals surface area contributed by atoms with Gasteiger partial charge in [0.05, 0.1) is 5.69 Å². The van der Waals surface area contributed by atoms with Crippen molar-refractivity contribution in [2.45, 2.75) is 26.7 Å². The summed E-state index contributed by atoms with van der Waals surface area (Å²) in [5, 5.41) is 0. The lowest BCUT2D eigenvalue weighted by atomic mass is 10.0. The summed E-state index contributed by atoms with van der Waals surface area (Å²) in [5.74, 6) is 1.23. The van der Waals surface area contributed by atoms with E-state index in [1.807, 2.05) is 19.1 Å². The van der Waals surface area contributed by atoms with E-state index in [1.54, 1.807) is 6.26 Å². The molecule has 0 radical (unpaired) electrons. The summed E-state index contributed by atoms with van der Waals surface area (Å²) in [4.78, 5) is 4.31. The van der Waals surface area contributed by atoms with Crippen LogP contribution in [0.5, 0.6) is 0 Å². The minimum Gasteiger partial charge on any atom is -0.444 e. The van der Waals surface area contributed by atoms with Crippen LogP contribution in [-0.2, 0) is 0 Å². The molecule has 1 aromatic carbocycles. The Hall–Kier alpha value is -1.57. The molecule has 0 saturated heterocycles. The van der Waals surface area contributed by atoms with Crippen LogP contribution in [0, 0.1) is 6.92 Å². The molecule has 0 saturated carbocycles. The van der Waals surface area contributed by atoms with E-state index >= 15 is 0 Å². The van der Waals surface area contributed by atoms with E-state index in [0.29, 0.717) is 11.8 Å². The molecule has 15 heavy (non-hydrogen) atoms. The number of hydrogen-bond donors (Lipinski definition) is 0. The highest BCUT2D eigenvalue weighted by atomic mass is 16.3. The molecule has 0 bridgehead atoms. The SMILES string of the molecule is Cc1coc(-c2cccc(C(C)C)c2)n1. The Labute approximate surface area is 90.0 Å². The third kappa shape index (κ3) is 2.09. The van der Waals surface area contributed by atoms with Crippen molar-refractivity contribution in [1.82, 2.24) is 4.98 Å². The van der Waals surface area contributed by atoms with E-state index in [-0.39, 0.29) is 0 Å². The second kappa shape index (κ2) is 3.89. The molecule has 0 aliphatic carbocycles. The van der Waals surface area contributed by atoms with Crippen molar-refractivity contribution in [3.63, 3.8) is 0 Å². The molecule has 78 valence electrons. The quantitative estimate of drug-likeness (QED) is 0.739. The molecule has 0 atom stereocenters. The summed E-state index contributed by atoms with van der Waals surface area (Å²) in [5.41, 5.74) is 3.28. The van der Waals surface area contributed by atoms with Crippen molar-refractivity contribution in [2.24, 2.45) is 0 Å². The number of benzene rings is 1. The topological polar surface area (TPSA) is 26.0 Å². The highest BCUT2D eigenvalue weighted by Crippen LogP contribution is 2.23. The summed E-state index contributed by atoms with van der Waals surface area (Å²) in [6.07, 6.45) is 1.68. The first-order valence-corrected chi connectivity index (χ1v) is 5.19. The van der Waals surface area contributed by atoms with Crippen LogP contribution in [0.15, 0.2) is 34.9 Å². The monoisotopic (exact) mass is 201 g/mol. The lowest BCUT2D eigenvalue weighted by Gasteiger charge is -2.05. The molecule has 2 nitrogen and oxygen atoms in total. The normalized spacial score (nSPS) is 10.9. The molecule has 1 aromatic heterocycles. The van der Waals surface area contributed by atoms with Crippen molar-refractivity contribution in [3.05, 3.63) is 41.8 Å². The van der Waals surface area contributed by atoms with Gasteiger partial charge in [0, 0.05) is 5.56 Å². The maximum atomic E-state index is 5.37. The fraction of sp³-hybridized carbons (Fsp3) is 0.308. The lowest BCUT2D eigenvalue weighted by Crippen LogP contribution is -1.87. The van der Waals surface area contributed by atoms with Gasteiger partial charge in [-0.2, -0.15) is 0 Å². The van der Waals surface area contributed by atoms with Crippen LogP contribution >= 0.6 is 0 Å². The van der Waals surface area contributed by atoms with Gasteiger partial charge >= 0.3 is 0 Å². The second-order valence-corrected chi connectivity index (χ2v) is 4.07. The molecule has 2 rings (SSSR count). The van der Waals surface area contributed by atoms with Gasteiger partial charge in [-0.1, -0.05) is 26.0 Å². The minimum atomic E-state index is 0.529. The second-order valence-electron chi connectivity index (χ2n) is 4.07. The van der Waals surface area contributed by atoms with Gasteiger partial charge in [-0.25, -0.2) is 4.98 Å². The zero-order valence-corrected chi connectivity index (χ0v) is 9.32. The fourth-order valence-electron chi connectivity index (χ4n) is 1.52. The number of oxazole rings is 1. The van der Waals surface area contributed by atoms with Crippen molar-refractivity contribution < 1.29 is 4.42 Å². The van der Waals surface area contributed by atoms with Gasteiger partial charge in [0.1, 0.15) is 6.26 Å². The van der Waals surface area contributed by atoms with Crippen LogP contribution in [-0.4, -0.2) is 4.98 Å². The molecule has 2 aromatic rings. The first-order valence-electron chi connectivity index (χ1n) is 5.19. The average molecular weight is 201 g/mol. The number of nitrogens with zero attached hydrogens (tertiary/aromatic N) is 1. The van der Waals surface area contributed by atoms with E-state index in [4.69, 9.17) is 4.42 Å². The molecule has 0 aliphatic heterocycles. The van der Waals surface area contributed by atoms with Gasteiger partial charge in [-0.3, -0.25) is 0 Å². The maximum absolute atomic E-state index is 5.37. The first-order chi connectivity index (χ1) is 7.16. The van der Waals surface area contributed by atoms with Crippen LogP contribution in [0.25, 0.3) is 11.5 Å². The number of aromatic nitrogens is 1. The van der Waals surface area contributed by atoms with E-state index in [9.17, 15) is 0 Å². The van der Waals surface area contributed by atoms with Gasteiger partial charge in [0.25, 0.3) is 0 Å². The van der Waals surface area contributed by atoms with Crippen LogP contribution in [0.1, 0.15) is 31.0 Å². The van der Waals surface area contributed by atoms with Gasteiger partial charge in [0.15, 0.2) is 0 Å². The average Bonchev–Trinajstić information content (AvgIpc) is 2.65. The van der Waals surface area contributed by atoms with Crippen molar-refractivity contribution in [3.8, 4) is 11.5 Å². The molecule has 0 aliphatic rings. The van der Waals surface area contributed by atoms with E-state index in [2.05, 4.69) is 31.0 Å². The van der Waals surface area contributed by atoms with Gasteiger partial charge < -0.3 is 4.42 Å². The minimum absolute atomic E-state index is 0.529. The molecule has 0 spiro atoms. The Balaban J connectivity index is 2.41. The molecular weight excluding hydrogens is 186 g/mol. The van der Waals surface area contributed by atoms with Gasteiger partial charge in [-0.15, -0.1) is 0 Å². The third-order valence-corrected chi connectivity index (χ3v) is 2.42. The Kier molecular flexibility index (Phi) is 2.58. The maximum Gasteiger partial charge on any atom is 0.226 e. The molecule has 0 N–H and O–H groups in total. The number of hydrogen-bond acceptors (Lipinski definition) is 2. The number of rotatable bonds is 2. The van der Waals surface area contributed by atoms with Crippen molar-refractivity contribution >= 4 is 0 Å². The molecular formula is C13H15NO. The van der Waals surface area contributed by atoms with Crippen LogP contribution in [0.3, 0.4) is 0 Å². The predicted octanol–water partition coefficient (Wildman–Crippen LogP) is 3.77. The highest BCUT2D eigenvalue weighted by molar-refractivity contribution is 5.54. The largest absolute Gasteiger partial charge is 0.444 e. The summed E-state index contributed by atoms with van der Waals surface area (Å²) >= 11 is 0. The molecule has 1 heterocycles. The summed E-state index contributed by atoms with van der Waals surface area (Å²) < 4.78 is 5.37. The fourth-order valence-corrected chi connectivity index (χ4v) is 1.52. The van der Waals surface area contributed by atoms with Crippen LogP contribution < -0.4 is 0 Å². The van der Waals surface area contributed by atoms with Crippen molar-refractivity contribution in [1.29, 1.82) is 0 Å². The molecule has 0 amide bonds. The van der Waals surface area contributed by atoms with Gasteiger partial charge in [-0.05, 0) is 30.5 Å². The van der Waals surface area contributed by atoms with Crippen molar-refractivity contribution in [2.75, 3.05) is 0 Å². The Morgan fingerprint density at radius 1 is 1.27 bits per heavy atom. The zero-order valence-electron chi connectivity index (χ0n) is 9.32. The predicted molar refractivity (Wildman–Crippen MR) is 60.8 cm³/mol. The summed E-state index contributed by atoms with van der Waals surface area (Å²) in [7, 11) is 0. The van der Waals surface area contributed by atoms with Crippen LogP contribution in [0.2, 0.25) is 0 Å². The molecule has 0 fully saturated rings. The van der Waals surface area contributed by atoms with E-state index in [0.717, 1.165) is 11.3 Å². The Morgan fingerprint density at radius 3 is 2.67 bits per heavy atom. The van der Waals surface area contributed by atoms with E-state index < -0.39 is 0 Å². The smallest absolute Gasteiger partial charge is 0.226 e. The number of aryl methyl sites for hydroxylation is 1. The highest BCUT2D eigenvalue weighted by Gasteiger charge is 2.06. The molecule has 2 heteroatoms. The van der Waals surface area contributed by atoms with Crippen LogP contribution in [0.4, 0.5) is 0 Å². The van der Waals surface area contributed by atoms with E-state index in [1.165, 1.54) is 5.56 Å². The Morgan fingerprint density at radius 2 is 2.07 bits per heavy atom.